The number of carbonyl (C=O) groups is 1. The molecule has 30 heavy (non-hydrogen) atoms. The fourth-order valence-corrected chi connectivity index (χ4v) is 3.62. The van der Waals surface area contributed by atoms with Crippen molar-refractivity contribution in [3.8, 4) is 0 Å². The number of hydrogen-bond acceptors (Lipinski definition) is 3. The first-order chi connectivity index (χ1) is 14.3. The number of nitrogens with zero attached hydrogens (tertiary/aromatic N) is 1. The van der Waals surface area contributed by atoms with Crippen LogP contribution < -0.4 is 15.1 Å². The predicted molar refractivity (Wildman–Crippen MR) is 109 cm³/mol. The van der Waals surface area contributed by atoms with Gasteiger partial charge in [-0.05, 0) is 30.3 Å². The second-order valence-corrected chi connectivity index (χ2v) is 7.60. The normalized spacial score (nSPS) is 16.2. The molecule has 162 valence electrons. The zero-order valence-electron chi connectivity index (χ0n) is 17.1. The van der Waals surface area contributed by atoms with E-state index in [0.717, 1.165) is 36.5 Å². The SMILES string of the molecule is CN(C)c1ccc([C@H](CNC(=O)c2cccc(C(F)(F)F)c2)[NH+]2CCOCC2)cc1. The number of carbonyl (C=O) groups excluding carboxylic acids is 1. The molecule has 0 unspecified atom stereocenters. The first-order valence-corrected chi connectivity index (χ1v) is 9.91. The quantitative estimate of drug-likeness (QED) is 0.750. The Bertz CT molecular complexity index is 847. The highest BCUT2D eigenvalue weighted by atomic mass is 19.4. The second-order valence-electron chi connectivity index (χ2n) is 7.60. The van der Waals surface area contributed by atoms with Crippen LogP contribution in [0.15, 0.2) is 48.5 Å². The third kappa shape index (κ3) is 5.52. The Labute approximate surface area is 174 Å². The maximum Gasteiger partial charge on any atom is 0.416 e. The molecule has 0 aliphatic carbocycles. The minimum absolute atomic E-state index is 0.00325. The summed E-state index contributed by atoms with van der Waals surface area (Å²) in [6, 6.07) is 12.6. The molecular formula is C22H27F3N3O2+. The van der Waals surface area contributed by atoms with Gasteiger partial charge in [0.2, 0.25) is 0 Å². The Hall–Kier alpha value is -2.58. The number of rotatable bonds is 6. The summed E-state index contributed by atoms with van der Waals surface area (Å²) in [7, 11) is 3.93. The number of halogens is 3. The average Bonchev–Trinajstić information content (AvgIpc) is 2.74. The molecule has 8 heteroatoms. The van der Waals surface area contributed by atoms with Gasteiger partial charge in [-0.25, -0.2) is 0 Å². The van der Waals surface area contributed by atoms with Gasteiger partial charge in [-0.2, -0.15) is 13.2 Å². The van der Waals surface area contributed by atoms with Gasteiger partial charge >= 0.3 is 6.18 Å². The van der Waals surface area contributed by atoms with Crippen LogP contribution in [-0.4, -0.2) is 52.9 Å². The Morgan fingerprint density at radius 3 is 2.40 bits per heavy atom. The smallest absolute Gasteiger partial charge is 0.378 e. The number of alkyl halides is 3. The summed E-state index contributed by atoms with van der Waals surface area (Å²) >= 11 is 0. The van der Waals surface area contributed by atoms with Gasteiger partial charge < -0.3 is 19.9 Å². The van der Waals surface area contributed by atoms with Crippen LogP contribution in [0.4, 0.5) is 18.9 Å². The Kier molecular flexibility index (Phi) is 6.99. The highest BCUT2D eigenvalue weighted by Crippen LogP contribution is 2.29. The number of hydrogen-bond donors (Lipinski definition) is 2. The van der Waals surface area contributed by atoms with E-state index in [9.17, 15) is 18.0 Å². The molecule has 1 heterocycles. The van der Waals surface area contributed by atoms with E-state index in [1.54, 1.807) is 0 Å². The molecule has 0 bridgehead atoms. The molecule has 1 aliphatic heterocycles. The van der Waals surface area contributed by atoms with E-state index in [-0.39, 0.29) is 11.6 Å². The minimum Gasteiger partial charge on any atom is -0.378 e. The van der Waals surface area contributed by atoms with Crippen molar-refractivity contribution in [3.05, 3.63) is 65.2 Å². The van der Waals surface area contributed by atoms with Gasteiger partial charge in [-0.1, -0.05) is 18.2 Å². The zero-order chi connectivity index (χ0) is 21.7. The summed E-state index contributed by atoms with van der Waals surface area (Å²) < 4.78 is 44.3. The number of quaternary nitrogens is 1. The molecule has 0 saturated carbocycles. The summed E-state index contributed by atoms with van der Waals surface area (Å²) in [4.78, 5) is 15.9. The van der Waals surface area contributed by atoms with Gasteiger partial charge in [0, 0.05) is 30.9 Å². The van der Waals surface area contributed by atoms with E-state index < -0.39 is 17.6 Å². The third-order valence-corrected chi connectivity index (χ3v) is 5.36. The van der Waals surface area contributed by atoms with Crippen molar-refractivity contribution < 1.29 is 27.6 Å². The molecule has 5 nitrogen and oxygen atoms in total. The number of benzene rings is 2. The standard InChI is InChI=1S/C22H26F3N3O2/c1-27(2)19-8-6-16(7-9-19)20(28-10-12-30-13-11-28)15-26-21(29)17-4-3-5-18(14-17)22(23,24)25/h3-9,14,20H,10-13,15H2,1-2H3,(H,26,29)/p+1/t20-/m0/s1. The van der Waals surface area contributed by atoms with E-state index in [0.29, 0.717) is 19.8 Å². The number of morpholine rings is 1. The van der Waals surface area contributed by atoms with Crippen molar-refractivity contribution in [2.45, 2.75) is 12.2 Å². The van der Waals surface area contributed by atoms with Gasteiger partial charge in [0.25, 0.3) is 5.91 Å². The molecule has 1 fully saturated rings. The van der Waals surface area contributed by atoms with Crippen LogP contribution in [0.5, 0.6) is 0 Å². The summed E-state index contributed by atoms with van der Waals surface area (Å²) in [6.45, 7) is 3.22. The van der Waals surface area contributed by atoms with Crippen LogP contribution >= 0.6 is 0 Å². The van der Waals surface area contributed by atoms with E-state index in [4.69, 9.17) is 4.74 Å². The maximum atomic E-state index is 12.9. The average molecular weight is 422 g/mol. The molecule has 0 spiro atoms. The minimum atomic E-state index is -4.48. The highest BCUT2D eigenvalue weighted by molar-refractivity contribution is 5.94. The zero-order valence-corrected chi connectivity index (χ0v) is 17.1. The van der Waals surface area contributed by atoms with E-state index in [2.05, 4.69) is 5.32 Å². The molecule has 1 atom stereocenters. The molecule has 2 N–H and O–H groups in total. The van der Waals surface area contributed by atoms with Gasteiger partial charge in [0.1, 0.15) is 19.1 Å². The van der Waals surface area contributed by atoms with Crippen molar-refractivity contribution in [2.24, 2.45) is 0 Å². The Morgan fingerprint density at radius 1 is 1.13 bits per heavy atom. The molecule has 2 aromatic carbocycles. The van der Waals surface area contributed by atoms with Crippen molar-refractivity contribution in [3.63, 3.8) is 0 Å². The molecular weight excluding hydrogens is 395 g/mol. The van der Waals surface area contributed by atoms with E-state index >= 15 is 0 Å². The van der Waals surface area contributed by atoms with Gasteiger partial charge in [-0.15, -0.1) is 0 Å². The molecule has 1 amide bonds. The van der Waals surface area contributed by atoms with Crippen LogP contribution in [0.2, 0.25) is 0 Å². The lowest BCUT2D eigenvalue weighted by Gasteiger charge is -2.32. The summed E-state index contributed by atoms with van der Waals surface area (Å²) in [5, 5.41) is 2.83. The highest BCUT2D eigenvalue weighted by Gasteiger charge is 2.31. The van der Waals surface area contributed by atoms with Gasteiger partial charge in [0.15, 0.2) is 0 Å². The summed E-state index contributed by atoms with van der Waals surface area (Å²) in [5.74, 6) is -0.510. The number of amides is 1. The number of anilines is 1. The molecule has 3 rings (SSSR count). The van der Waals surface area contributed by atoms with E-state index in [1.807, 2.05) is 43.3 Å². The van der Waals surface area contributed by atoms with Crippen molar-refractivity contribution in [2.75, 3.05) is 51.8 Å². The predicted octanol–water partition coefficient (Wildman–Crippen LogP) is 2.16. The maximum absolute atomic E-state index is 12.9. The van der Waals surface area contributed by atoms with Crippen LogP contribution in [0.1, 0.15) is 27.5 Å². The van der Waals surface area contributed by atoms with Crippen LogP contribution in [0.3, 0.4) is 0 Å². The van der Waals surface area contributed by atoms with Crippen LogP contribution in [0, 0.1) is 0 Å². The Balaban J connectivity index is 1.75. The van der Waals surface area contributed by atoms with Crippen molar-refractivity contribution in [1.82, 2.24) is 5.32 Å². The first kappa shape index (κ1) is 22.1. The fraction of sp³-hybridized carbons (Fsp3) is 0.409. The molecule has 0 radical (unpaired) electrons. The van der Waals surface area contributed by atoms with Crippen LogP contribution in [-0.2, 0) is 10.9 Å². The second kappa shape index (κ2) is 9.49. The Morgan fingerprint density at radius 2 is 1.80 bits per heavy atom. The summed E-state index contributed by atoms with van der Waals surface area (Å²) in [6.07, 6.45) is -4.48. The lowest BCUT2D eigenvalue weighted by Crippen LogP contribution is -3.15. The van der Waals surface area contributed by atoms with E-state index in [1.165, 1.54) is 17.0 Å². The number of nitrogens with one attached hydrogen (secondary N) is 2. The summed E-state index contributed by atoms with van der Waals surface area (Å²) in [5.41, 5.74) is 1.32. The van der Waals surface area contributed by atoms with Gasteiger partial charge in [0.05, 0.1) is 25.3 Å². The number of ether oxygens (including phenoxy) is 1. The topological polar surface area (TPSA) is 46.0 Å². The van der Waals surface area contributed by atoms with Gasteiger partial charge in [-0.3, -0.25) is 4.79 Å². The molecule has 0 aromatic heterocycles. The van der Waals surface area contributed by atoms with Crippen LogP contribution in [0.25, 0.3) is 0 Å². The molecule has 1 saturated heterocycles. The fourth-order valence-electron chi connectivity index (χ4n) is 3.62. The molecule has 1 aliphatic rings. The van der Waals surface area contributed by atoms with Crippen molar-refractivity contribution >= 4 is 11.6 Å². The first-order valence-electron chi connectivity index (χ1n) is 9.91. The lowest BCUT2D eigenvalue weighted by atomic mass is 10.0. The van der Waals surface area contributed by atoms with Crippen molar-refractivity contribution in [1.29, 1.82) is 0 Å². The monoisotopic (exact) mass is 422 g/mol. The lowest BCUT2D eigenvalue weighted by molar-refractivity contribution is -0.937. The largest absolute Gasteiger partial charge is 0.416 e. The third-order valence-electron chi connectivity index (χ3n) is 5.36. The molecule has 2 aromatic rings.